The quantitative estimate of drug-likeness (QED) is 0.489. The Morgan fingerprint density at radius 2 is 1.85 bits per heavy atom. The van der Waals surface area contributed by atoms with Crippen molar-refractivity contribution in [3.63, 3.8) is 0 Å². The number of benzene rings is 2. The average Bonchev–Trinajstić information content (AvgIpc) is 3.10. The number of aryl methyl sites for hydroxylation is 3. The molecule has 1 aliphatic rings. The monoisotopic (exact) mass is 441 g/mol. The number of hydrogen-bond acceptors (Lipinski definition) is 6. The lowest BCUT2D eigenvalue weighted by atomic mass is 9.99. The Morgan fingerprint density at radius 3 is 2.61 bits per heavy atom. The minimum Gasteiger partial charge on any atom is -0.338 e. The van der Waals surface area contributed by atoms with Crippen molar-refractivity contribution in [2.24, 2.45) is 7.05 Å². The van der Waals surface area contributed by atoms with Gasteiger partial charge in [-0.1, -0.05) is 24.3 Å². The second-order valence-electron chi connectivity index (χ2n) is 8.59. The summed E-state index contributed by atoms with van der Waals surface area (Å²) in [4.78, 5) is 22.8. The molecular weight excluding hydrogens is 414 g/mol. The maximum atomic E-state index is 11.7. The van der Waals surface area contributed by atoms with E-state index in [0.29, 0.717) is 12.5 Å². The van der Waals surface area contributed by atoms with Crippen molar-refractivity contribution in [3.05, 3.63) is 64.8 Å². The topological polar surface area (TPSA) is 88.0 Å². The molecule has 5 rings (SSSR count). The summed E-state index contributed by atoms with van der Waals surface area (Å²) < 4.78 is 1.77. The Labute approximate surface area is 192 Å². The van der Waals surface area contributed by atoms with Crippen molar-refractivity contribution in [1.29, 1.82) is 0 Å². The first-order valence-electron chi connectivity index (χ1n) is 11.1. The normalized spacial score (nSPS) is 13.2. The molecule has 0 fully saturated rings. The Hall–Kier alpha value is -3.94. The summed E-state index contributed by atoms with van der Waals surface area (Å²) in [6.45, 7) is 7.19. The predicted octanol–water partition coefficient (Wildman–Crippen LogP) is 4.37. The maximum Gasteiger partial charge on any atom is 0.229 e. The molecule has 0 atom stereocenters. The molecule has 0 unspecified atom stereocenters. The number of para-hydroxylation sites is 1. The molecule has 0 spiro atoms. The first-order valence-corrected chi connectivity index (χ1v) is 11.1. The molecule has 0 aliphatic carbocycles. The molecule has 0 bridgehead atoms. The zero-order valence-corrected chi connectivity index (χ0v) is 19.3. The van der Waals surface area contributed by atoms with Crippen LogP contribution in [0.5, 0.6) is 0 Å². The Kier molecular flexibility index (Phi) is 5.20. The second kappa shape index (κ2) is 8.20. The fourth-order valence-electron chi connectivity index (χ4n) is 4.35. The summed E-state index contributed by atoms with van der Waals surface area (Å²) >= 11 is 0. The molecule has 4 aromatic rings. The molecule has 33 heavy (non-hydrogen) atoms. The molecule has 8 heteroatoms. The Bertz CT molecular complexity index is 1350. The lowest BCUT2D eigenvalue weighted by Crippen LogP contribution is -2.34. The predicted molar refractivity (Wildman–Crippen MR) is 130 cm³/mol. The number of carbonyl (C=O) groups is 1. The van der Waals surface area contributed by atoms with Gasteiger partial charge in [0, 0.05) is 44.6 Å². The van der Waals surface area contributed by atoms with Gasteiger partial charge in [0.2, 0.25) is 11.9 Å². The highest BCUT2D eigenvalue weighted by atomic mass is 16.2. The third-order valence-electron chi connectivity index (χ3n) is 6.22. The van der Waals surface area contributed by atoms with E-state index in [2.05, 4.69) is 58.8 Å². The van der Waals surface area contributed by atoms with Crippen molar-refractivity contribution in [1.82, 2.24) is 24.6 Å². The Morgan fingerprint density at radius 1 is 1.06 bits per heavy atom. The molecule has 1 amide bonds. The number of fused-ring (bicyclic) bond motifs is 2. The number of nitrogens with zero attached hydrogens (tertiary/aromatic N) is 5. The van der Waals surface area contributed by atoms with Crippen molar-refractivity contribution >= 4 is 40.1 Å². The maximum absolute atomic E-state index is 11.7. The van der Waals surface area contributed by atoms with Crippen molar-refractivity contribution in [3.8, 4) is 0 Å². The molecule has 0 saturated carbocycles. The van der Waals surface area contributed by atoms with E-state index in [1.54, 1.807) is 17.8 Å². The summed E-state index contributed by atoms with van der Waals surface area (Å²) in [5.74, 6) is 1.37. The summed E-state index contributed by atoms with van der Waals surface area (Å²) in [6.07, 6.45) is 2.65. The van der Waals surface area contributed by atoms with Gasteiger partial charge in [-0.15, -0.1) is 0 Å². The molecule has 2 N–H and O–H groups in total. The van der Waals surface area contributed by atoms with Crippen LogP contribution in [0.3, 0.4) is 0 Å². The van der Waals surface area contributed by atoms with Crippen LogP contribution in [0.1, 0.15) is 29.2 Å². The fraction of sp³-hybridized carbons (Fsp3) is 0.280. The van der Waals surface area contributed by atoms with Crippen molar-refractivity contribution in [2.45, 2.75) is 33.7 Å². The van der Waals surface area contributed by atoms with Gasteiger partial charge in [0.25, 0.3) is 0 Å². The SMILES string of the molecule is CC(=O)N1CCc2cc(Nc3ncc4c(Nc5c(C)cccc5C)nn(C)c4n3)ccc2C1. The van der Waals surface area contributed by atoms with Gasteiger partial charge in [0.1, 0.15) is 0 Å². The molecule has 2 aromatic heterocycles. The molecule has 0 saturated heterocycles. The van der Waals surface area contributed by atoms with E-state index in [4.69, 9.17) is 4.98 Å². The summed E-state index contributed by atoms with van der Waals surface area (Å²) in [6, 6.07) is 12.4. The lowest BCUT2D eigenvalue weighted by molar-refractivity contribution is -0.129. The highest BCUT2D eigenvalue weighted by Crippen LogP contribution is 2.29. The molecular formula is C25H27N7O. The first-order chi connectivity index (χ1) is 15.9. The third kappa shape index (κ3) is 4.00. The van der Waals surface area contributed by atoms with E-state index in [9.17, 15) is 4.79 Å². The van der Waals surface area contributed by atoms with Crippen LogP contribution in [0.2, 0.25) is 0 Å². The number of carbonyl (C=O) groups excluding carboxylic acids is 1. The van der Waals surface area contributed by atoms with Crippen molar-refractivity contribution < 1.29 is 4.79 Å². The van der Waals surface area contributed by atoms with Gasteiger partial charge in [0.15, 0.2) is 11.5 Å². The van der Waals surface area contributed by atoms with Crippen LogP contribution in [-0.2, 0) is 24.8 Å². The Balaban J connectivity index is 1.40. The molecule has 0 radical (unpaired) electrons. The van der Waals surface area contributed by atoms with Gasteiger partial charge >= 0.3 is 0 Å². The summed E-state index contributed by atoms with van der Waals surface area (Å²) in [5, 5.41) is 12.3. The molecule has 3 heterocycles. The van der Waals surface area contributed by atoms with Crippen LogP contribution in [0.15, 0.2) is 42.6 Å². The van der Waals surface area contributed by atoms with Crippen LogP contribution in [0.25, 0.3) is 11.0 Å². The van der Waals surface area contributed by atoms with Crippen LogP contribution >= 0.6 is 0 Å². The van der Waals surface area contributed by atoms with Gasteiger partial charge in [0.05, 0.1) is 5.39 Å². The summed E-state index contributed by atoms with van der Waals surface area (Å²) in [5.41, 5.74) is 7.49. The third-order valence-corrected chi connectivity index (χ3v) is 6.22. The summed E-state index contributed by atoms with van der Waals surface area (Å²) in [7, 11) is 1.88. The standard InChI is InChI=1S/C25H27N7O/c1-15-6-5-7-16(2)22(15)28-23-21-13-26-25(29-24(21)31(4)30-23)27-20-9-8-19-14-32(17(3)33)11-10-18(19)12-20/h5-9,12-13H,10-11,14H2,1-4H3,(H,28,30)(H,26,27,29). The van der Waals surface area contributed by atoms with E-state index in [1.165, 1.54) is 11.1 Å². The van der Waals surface area contributed by atoms with Crippen LogP contribution in [0, 0.1) is 13.8 Å². The van der Waals surface area contributed by atoms with Gasteiger partial charge < -0.3 is 15.5 Å². The number of nitrogens with one attached hydrogen (secondary N) is 2. The zero-order valence-electron chi connectivity index (χ0n) is 19.3. The van der Waals surface area contributed by atoms with E-state index < -0.39 is 0 Å². The zero-order chi connectivity index (χ0) is 23.1. The first kappa shape index (κ1) is 20.9. The number of amides is 1. The van der Waals surface area contributed by atoms with Crippen molar-refractivity contribution in [2.75, 3.05) is 17.2 Å². The van der Waals surface area contributed by atoms with Crippen LogP contribution in [0.4, 0.5) is 23.1 Å². The number of aromatic nitrogens is 4. The van der Waals surface area contributed by atoms with Gasteiger partial charge in [-0.25, -0.2) is 9.67 Å². The lowest BCUT2D eigenvalue weighted by Gasteiger charge is -2.28. The highest BCUT2D eigenvalue weighted by Gasteiger charge is 2.19. The molecule has 168 valence electrons. The van der Waals surface area contributed by atoms with Gasteiger partial charge in [-0.2, -0.15) is 10.1 Å². The smallest absolute Gasteiger partial charge is 0.229 e. The van der Waals surface area contributed by atoms with E-state index >= 15 is 0 Å². The fourth-order valence-corrected chi connectivity index (χ4v) is 4.35. The second-order valence-corrected chi connectivity index (χ2v) is 8.59. The molecule has 1 aliphatic heterocycles. The van der Waals surface area contributed by atoms with Crippen LogP contribution < -0.4 is 10.6 Å². The molecule has 2 aromatic carbocycles. The van der Waals surface area contributed by atoms with Crippen LogP contribution in [-0.4, -0.2) is 37.1 Å². The average molecular weight is 442 g/mol. The highest BCUT2D eigenvalue weighted by molar-refractivity contribution is 5.90. The van der Waals surface area contributed by atoms with Gasteiger partial charge in [-0.3, -0.25) is 4.79 Å². The largest absolute Gasteiger partial charge is 0.338 e. The van der Waals surface area contributed by atoms with Gasteiger partial charge in [-0.05, 0) is 54.7 Å². The number of hydrogen-bond donors (Lipinski definition) is 2. The minimum atomic E-state index is 0.118. The van der Waals surface area contributed by atoms with E-state index in [-0.39, 0.29) is 5.91 Å². The molecule has 8 nitrogen and oxygen atoms in total. The number of rotatable bonds is 4. The van der Waals surface area contributed by atoms with E-state index in [1.807, 2.05) is 24.1 Å². The minimum absolute atomic E-state index is 0.118. The number of anilines is 4. The van der Waals surface area contributed by atoms with E-state index in [0.717, 1.165) is 52.3 Å².